The molecule has 1 N–H and O–H groups in total. The van der Waals surface area contributed by atoms with Gasteiger partial charge in [0.2, 0.25) is 0 Å². The van der Waals surface area contributed by atoms with Gasteiger partial charge in [0.15, 0.2) is 5.78 Å². The molecular weight excluding hydrogens is 268 g/mol. The molecule has 0 saturated carbocycles. The number of phenolic OH excluding ortho intramolecular Hbond substituents is 1. The minimum atomic E-state index is -0.452. The molecule has 2 rings (SSSR count). The highest BCUT2D eigenvalue weighted by Gasteiger charge is 2.30. The third-order valence-electron chi connectivity index (χ3n) is 3.80. The van der Waals surface area contributed by atoms with E-state index in [1.165, 1.54) is 13.2 Å². The number of carbonyl (C=O) groups is 1. The molecule has 1 aliphatic heterocycles. The van der Waals surface area contributed by atoms with Crippen molar-refractivity contribution in [1.82, 2.24) is 0 Å². The van der Waals surface area contributed by atoms with Crippen LogP contribution in [-0.4, -0.2) is 23.6 Å². The summed E-state index contributed by atoms with van der Waals surface area (Å²) in [6, 6.07) is 1.50. The van der Waals surface area contributed by atoms with Crippen LogP contribution in [0.15, 0.2) is 12.1 Å². The molecule has 1 aliphatic rings. The van der Waals surface area contributed by atoms with E-state index >= 15 is 0 Å². The summed E-state index contributed by atoms with van der Waals surface area (Å²) in [6.07, 6.45) is 4.49. The Morgan fingerprint density at radius 3 is 2.71 bits per heavy atom. The predicted octanol–water partition coefficient (Wildman–Crippen LogP) is 3.81. The van der Waals surface area contributed by atoms with Crippen LogP contribution < -0.4 is 9.47 Å². The Balaban J connectivity index is 2.62. The molecule has 0 aliphatic carbocycles. The summed E-state index contributed by atoms with van der Waals surface area (Å²) in [5.41, 5.74) is 0.479. The topological polar surface area (TPSA) is 55.8 Å². The third kappa shape index (κ3) is 2.75. The molecule has 0 amide bonds. The monoisotopic (exact) mass is 290 g/mol. The van der Waals surface area contributed by atoms with E-state index < -0.39 is 5.60 Å². The molecule has 0 radical (unpaired) electrons. The highest BCUT2D eigenvalue weighted by atomic mass is 16.5. The minimum absolute atomic E-state index is 0.0954. The molecule has 0 bridgehead atoms. The largest absolute Gasteiger partial charge is 0.507 e. The zero-order valence-corrected chi connectivity index (χ0v) is 13.2. The molecular formula is C17H22O4. The van der Waals surface area contributed by atoms with E-state index in [0.29, 0.717) is 23.5 Å². The fourth-order valence-corrected chi connectivity index (χ4v) is 2.36. The number of phenols is 1. The fourth-order valence-electron chi connectivity index (χ4n) is 2.36. The summed E-state index contributed by atoms with van der Waals surface area (Å²) >= 11 is 0. The number of hydrogen-bond donors (Lipinski definition) is 1. The standard InChI is InChI=1S/C17H22O4/c1-6-10(2)15(19)14-12(18)9-13-11(16(14)20-5)7-8-17(3,4)21-13/h7-10,18H,6H2,1-5H3/t10-/m1/s1. The normalized spacial score (nSPS) is 16.8. The molecule has 0 fully saturated rings. The summed E-state index contributed by atoms with van der Waals surface area (Å²) in [7, 11) is 1.50. The number of rotatable bonds is 4. The summed E-state index contributed by atoms with van der Waals surface area (Å²) in [5.74, 6) is 0.516. The van der Waals surface area contributed by atoms with Crippen LogP contribution in [0.4, 0.5) is 0 Å². The zero-order chi connectivity index (χ0) is 15.8. The Kier molecular flexibility index (Phi) is 3.99. The molecule has 1 atom stereocenters. The fraction of sp³-hybridized carbons (Fsp3) is 0.471. The molecule has 1 heterocycles. The number of Topliss-reactive ketones (excluding diaryl/α,β-unsaturated/α-hetero) is 1. The van der Waals surface area contributed by atoms with Crippen LogP contribution in [0.25, 0.3) is 6.08 Å². The first-order valence-electron chi connectivity index (χ1n) is 7.17. The molecule has 0 spiro atoms. The smallest absolute Gasteiger partial charge is 0.173 e. The van der Waals surface area contributed by atoms with E-state index in [-0.39, 0.29) is 23.0 Å². The van der Waals surface area contributed by atoms with Gasteiger partial charge < -0.3 is 14.6 Å². The van der Waals surface area contributed by atoms with Crippen molar-refractivity contribution in [3.63, 3.8) is 0 Å². The zero-order valence-electron chi connectivity index (χ0n) is 13.2. The summed E-state index contributed by atoms with van der Waals surface area (Å²) in [5, 5.41) is 10.3. The van der Waals surface area contributed by atoms with Gasteiger partial charge in [0.1, 0.15) is 28.4 Å². The Bertz CT molecular complexity index is 599. The molecule has 4 nitrogen and oxygen atoms in total. The summed E-state index contributed by atoms with van der Waals surface area (Å²) < 4.78 is 11.2. The van der Waals surface area contributed by atoms with Crippen molar-refractivity contribution < 1.29 is 19.4 Å². The van der Waals surface area contributed by atoms with E-state index in [0.717, 1.165) is 0 Å². The third-order valence-corrected chi connectivity index (χ3v) is 3.80. The number of ketones is 1. The summed E-state index contributed by atoms with van der Waals surface area (Å²) in [6.45, 7) is 7.63. The van der Waals surface area contributed by atoms with Crippen LogP contribution in [0.1, 0.15) is 50.0 Å². The molecule has 1 aromatic carbocycles. The van der Waals surface area contributed by atoms with Crippen molar-refractivity contribution in [2.24, 2.45) is 5.92 Å². The highest BCUT2D eigenvalue weighted by molar-refractivity contribution is 6.04. The van der Waals surface area contributed by atoms with Crippen molar-refractivity contribution in [2.45, 2.75) is 39.7 Å². The van der Waals surface area contributed by atoms with Gasteiger partial charge in [-0.1, -0.05) is 13.8 Å². The van der Waals surface area contributed by atoms with E-state index in [1.807, 2.05) is 39.8 Å². The molecule has 0 saturated heterocycles. The average molecular weight is 290 g/mol. The number of hydrogen-bond acceptors (Lipinski definition) is 4. The lowest BCUT2D eigenvalue weighted by molar-refractivity contribution is 0.0921. The van der Waals surface area contributed by atoms with E-state index in [4.69, 9.17) is 9.47 Å². The van der Waals surface area contributed by atoms with E-state index in [9.17, 15) is 9.90 Å². The van der Waals surface area contributed by atoms with Crippen molar-refractivity contribution >= 4 is 11.9 Å². The Morgan fingerprint density at radius 1 is 1.48 bits per heavy atom. The van der Waals surface area contributed by atoms with Gasteiger partial charge in [-0.15, -0.1) is 0 Å². The lowest BCUT2D eigenvalue weighted by atomic mass is 9.92. The van der Waals surface area contributed by atoms with Gasteiger partial charge in [0, 0.05) is 12.0 Å². The predicted molar refractivity (Wildman–Crippen MR) is 82.2 cm³/mol. The first-order valence-corrected chi connectivity index (χ1v) is 7.17. The van der Waals surface area contributed by atoms with Gasteiger partial charge in [0.05, 0.1) is 12.7 Å². The maximum Gasteiger partial charge on any atom is 0.173 e. The van der Waals surface area contributed by atoms with Gasteiger partial charge in [0.25, 0.3) is 0 Å². The maximum absolute atomic E-state index is 12.5. The van der Waals surface area contributed by atoms with Gasteiger partial charge in [-0.25, -0.2) is 0 Å². The van der Waals surface area contributed by atoms with Crippen LogP contribution in [0.3, 0.4) is 0 Å². The highest BCUT2D eigenvalue weighted by Crippen LogP contribution is 2.44. The Morgan fingerprint density at radius 2 is 2.14 bits per heavy atom. The lowest BCUT2D eigenvalue weighted by Gasteiger charge is -2.29. The number of carbonyl (C=O) groups excluding carboxylic acids is 1. The Labute approximate surface area is 125 Å². The van der Waals surface area contributed by atoms with Crippen molar-refractivity contribution in [3.05, 3.63) is 23.3 Å². The number of fused-ring (bicyclic) bond motifs is 1. The number of ether oxygens (including phenoxy) is 2. The second-order valence-corrected chi connectivity index (χ2v) is 5.93. The average Bonchev–Trinajstić information content (AvgIpc) is 2.43. The minimum Gasteiger partial charge on any atom is -0.507 e. The Hall–Kier alpha value is -1.97. The van der Waals surface area contributed by atoms with Crippen LogP contribution in [0.2, 0.25) is 0 Å². The molecule has 114 valence electrons. The van der Waals surface area contributed by atoms with Crippen LogP contribution in [0, 0.1) is 5.92 Å². The summed E-state index contributed by atoms with van der Waals surface area (Å²) in [4.78, 5) is 12.5. The van der Waals surface area contributed by atoms with Gasteiger partial charge >= 0.3 is 0 Å². The quantitative estimate of drug-likeness (QED) is 0.857. The molecule has 1 aromatic rings. The van der Waals surface area contributed by atoms with E-state index in [2.05, 4.69) is 0 Å². The number of methoxy groups -OCH3 is 1. The second kappa shape index (κ2) is 5.43. The van der Waals surface area contributed by atoms with E-state index in [1.54, 1.807) is 0 Å². The molecule has 4 heteroatoms. The second-order valence-electron chi connectivity index (χ2n) is 5.93. The number of aromatic hydroxyl groups is 1. The molecule has 0 unspecified atom stereocenters. The van der Waals surface area contributed by atoms with Gasteiger partial charge in [-0.3, -0.25) is 4.79 Å². The van der Waals surface area contributed by atoms with Gasteiger partial charge in [-0.05, 0) is 32.4 Å². The maximum atomic E-state index is 12.5. The van der Waals surface area contributed by atoms with Gasteiger partial charge in [-0.2, -0.15) is 0 Å². The van der Waals surface area contributed by atoms with Crippen LogP contribution in [0.5, 0.6) is 17.2 Å². The van der Waals surface area contributed by atoms with Crippen molar-refractivity contribution in [3.8, 4) is 17.2 Å². The van der Waals surface area contributed by atoms with Crippen molar-refractivity contribution in [2.75, 3.05) is 7.11 Å². The van der Waals surface area contributed by atoms with Crippen molar-refractivity contribution in [1.29, 1.82) is 0 Å². The molecule has 21 heavy (non-hydrogen) atoms. The van der Waals surface area contributed by atoms with Crippen LogP contribution in [-0.2, 0) is 0 Å². The SMILES string of the molecule is CC[C@@H](C)C(=O)c1c(O)cc2c(c1OC)C=CC(C)(C)O2. The van der Waals surface area contributed by atoms with Crippen LogP contribution >= 0.6 is 0 Å². The lowest BCUT2D eigenvalue weighted by Crippen LogP contribution is -2.28. The first kappa shape index (κ1) is 15.4. The molecule has 0 aromatic heterocycles. The first-order chi connectivity index (χ1) is 9.80. The number of benzene rings is 1.